The molecule has 0 bridgehead atoms. The molecule has 3 amide bonds. The summed E-state index contributed by atoms with van der Waals surface area (Å²) in [5, 5.41) is 5.98. The second-order valence-corrected chi connectivity index (χ2v) is 7.03. The van der Waals surface area contributed by atoms with E-state index in [2.05, 4.69) is 29.5 Å². The number of urea groups is 1. The van der Waals surface area contributed by atoms with E-state index in [-0.39, 0.29) is 23.9 Å². The zero-order valence-electron chi connectivity index (χ0n) is 14.9. The lowest BCUT2D eigenvalue weighted by Gasteiger charge is -2.32. The minimum Gasteiger partial charge on any atom is -0.352 e. The standard InChI is InChI=1S/C17H29N5O2/c1-13(2)9-19-17(24)22-7-4-5-15(11-22)16(23)20-14(3)10-21-8-6-18-12-21/h6,8,12-15H,4-5,7,9-11H2,1-3H3,(H,19,24)(H,20,23)/t14-,15+/m0/s1. The molecule has 0 radical (unpaired) electrons. The van der Waals surface area contributed by atoms with Crippen LogP contribution in [0.5, 0.6) is 0 Å². The summed E-state index contributed by atoms with van der Waals surface area (Å²) < 4.78 is 1.94. The van der Waals surface area contributed by atoms with E-state index in [1.54, 1.807) is 17.4 Å². The Labute approximate surface area is 143 Å². The minimum atomic E-state index is -0.131. The van der Waals surface area contributed by atoms with Crippen LogP contribution in [0.15, 0.2) is 18.7 Å². The van der Waals surface area contributed by atoms with Gasteiger partial charge in [-0.25, -0.2) is 9.78 Å². The Morgan fingerprint density at radius 3 is 2.79 bits per heavy atom. The number of imidazole rings is 1. The van der Waals surface area contributed by atoms with Gasteiger partial charge in [0.25, 0.3) is 0 Å². The fourth-order valence-electron chi connectivity index (χ4n) is 2.90. The predicted octanol–water partition coefficient (Wildman–Crippen LogP) is 1.47. The lowest BCUT2D eigenvalue weighted by atomic mass is 9.97. The summed E-state index contributed by atoms with van der Waals surface area (Å²) in [4.78, 5) is 30.4. The summed E-state index contributed by atoms with van der Waals surface area (Å²) in [6, 6.07) is -0.0375. The summed E-state index contributed by atoms with van der Waals surface area (Å²) in [5.74, 6) is 0.319. The van der Waals surface area contributed by atoms with E-state index in [1.165, 1.54) is 0 Å². The Morgan fingerprint density at radius 2 is 2.12 bits per heavy atom. The van der Waals surface area contributed by atoms with E-state index >= 15 is 0 Å². The quantitative estimate of drug-likeness (QED) is 0.826. The highest BCUT2D eigenvalue weighted by Gasteiger charge is 2.28. The van der Waals surface area contributed by atoms with Crippen LogP contribution in [0.25, 0.3) is 0 Å². The Balaban J connectivity index is 1.80. The van der Waals surface area contributed by atoms with Crippen molar-refractivity contribution in [1.82, 2.24) is 25.1 Å². The average Bonchev–Trinajstić information content (AvgIpc) is 3.05. The van der Waals surface area contributed by atoms with Crippen LogP contribution in [-0.2, 0) is 11.3 Å². The number of amides is 3. The number of nitrogens with one attached hydrogen (secondary N) is 2. The molecule has 1 aliphatic heterocycles. The molecule has 2 heterocycles. The fraction of sp³-hybridized carbons (Fsp3) is 0.706. The zero-order chi connectivity index (χ0) is 17.5. The van der Waals surface area contributed by atoms with Crippen LogP contribution in [-0.4, -0.2) is 52.1 Å². The number of hydrogen-bond donors (Lipinski definition) is 2. The Bertz CT molecular complexity index is 529. The summed E-state index contributed by atoms with van der Waals surface area (Å²) in [6.45, 7) is 8.67. The van der Waals surface area contributed by atoms with Gasteiger partial charge in [-0.1, -0.05) is 13.8 Å². The van der Waals surface area contributed by atoms with Crippen molar-refractivity contribution in [2.45, 2.75) is 46.2 Å². The van der Waals surface area contributed by atoms with Gasteiger partial charge in [0.1, 0.15) is 0 Å². The molecule has 0 unspecified atom stereocenters. The molecule has 1 fully saturated rings. The molecule has 2 rings (SSSR count). The third-order valence-corrected chi connectivity index (χ3v) is 4.17. The second-order valence-electron chi connectivity index (χ2n) is 7.03. The van der Waals surface area contributed by atoms with E-state index in [0.717, 1.165) is 19.4 Å². The molecule has 24 heavy (non-hydrogen) atoms. The van der Waals surface area contributed by atoms with Gasteiger partial charge in [-0.3, -0.25) is 4.79 Å². The second kappa shape index (κ2) is 8.70. The molecular formula is C17H29N5O2. The van der Waals surface area contributed by atoms with Crippen molar-refractivity contribution < 1.29 is 9.59 Å². The van der Waals surface area contributed by atoms with Gasteiger partial charge in [-0.2, -0.15) is 0 Å². The lowest BCUT2D eigenvalue weighted by molar-refractivity contribution is -0.127. The lowest BCUT2D eigenvalue weighted by Crippen LogP contribution is -2.50. The van der Waals surface area contributed by atoms with Crippen LogP contribution in [0, 0.1) is 11.8 Å². The van der Waals surface area contributed by atoms with Crippen molar-refractivity contribution in [2.24, 2.45) is 11.8 Å². The molecule has 0 aromatic carbocycles. The number of piperidine rings is 1. The SMILES string of the molecule is CC(C)CNC(=O)N1CCC[C@@H](C(=O)N[C@@H](C)Cn2ccnc2)C1. The number of carbonyl (C=O) groups is 2. The molecule has 0 saturated carbocycles. The maximum Gasteiger partial charge on any atom is 0.317 e. The van der Waals surface area contributed by atoms with Gasteiger partial charge < -0.3 is 20.1 Å². The number of rotatable bonds is 6. The highest BCUT2D eigenvalue weighted by atomic mass is 16.2. The fourth-order valence-corrected chi connectivity index (χ4v) is 2.90. The first-order chi connectivity index (χ1) is 11.5. The monoisotopic (exact) mass is 335 g/mol. The van der Waals surface area contributed by atoms with E-state index in [0.29, 0.717) is 25.6 Å². The van der Waals surface area contributed by atoms with Crippen LogP contribution in [0.1, 0.15) is 33.6 Å². The molecule has 1 aliphatic rings. The predicted molar refractivity (Wildman–Crippen MR) is 92.4 cm³/mol. The Kier molecular flexibility index (Phi) is 6.63. The molecule has 2 N–H and O–H groups in total. The van der Waals surface area contributed by atoms with Crippen LogP contribution < -0.4 is 10.6 Å². The molecule has 1 aromatic heterocycles. The molecule has 0 aliphatic carbocycles. The van der Waals surface area contributed by atoms with Crippen LogP contribution in [0.3, 0.4) is 0 Å². The first-order valence-corrected chi connectivity index (χ1v) is 8.74. The number of carbonyl (C=O) groups excluding carboxylic acids is 2. The Hall–Kier alpha value is -2.05. The van der Waals surface area contributed by atoms with Gasteiger partial charge in [0.2, 0.25) is 5.91 Å². The zero-order valence-corrected chi connectivity index (χ0v) is 14.9. The molecule has 1 saturated heterocycles. The molecule has 0 spiro atoms. The van der Waals surface area contributed by atoms with Gasteiger partial charge in [0.15, 0.2) is 0 Å². The van der Waals surface area contributed by atoms with Gasteiger partial charge in [-0.15, -0.1) is 0 Å². The normalized spacial score (nSPS) is 19.2. The molecule has 1 aromatic rings. The van der Waals surface area contributed by atoms with Crippen molar-refractivity contribution in [2.75, 3.05) is 19.6 Å². The van der Waals surface area contributed by atoms with Crippen molar-refractivity contribution >= 4 is 11.9 Å². The van der Waals surface area contributed by atoms with E-state index < -0.39 is 0 Å². The van der Waals surface area contributed by atoms with Crippen molar-refractivity contribution in [3.05, 3.63) is 18.7 Å². The minimum absolute atomic E-state index is 0.0249. The van der Waals surface area contributed by atoms with Crippen molar-refractivity contribution in [1.29, 1.82) is 0 Å². The van der Waals surface area contributed by atoms with Crippen molar-refractivity contribution in [3.63, 3.8) is 0 Å². The third kappa shape index (κ3) is 5.54. The summed E-state index contributed by atoms with van der Waals surface area (Å²) in [6.07, 6.45) is 7.04. The molecular weight excluding hydrogens is 306 g/mol. The van der Waals surface area contributed by atoms with Gasteiger partial charge in [0.05, 0.1) is 12.2 Å². The summed E-state index contributed by atoms with van der Waals surface area (Å²) >= 11 is 0. The number of likely N-dealkylation sites (tertiary alicyclic amines) is 1. The highest BCUT2D eigenvalue weighted by molar-refractivity contribution is 5.81. The van der Waals surface area contributed by atoms with Gasteiger partial charge >= 0.3 is 6.03 Å². The highest BCUT2D eigenvalue weighted by Crippen LogP contribution is 2.17. The van der Waals surface area contributed by atoms with Gasteiger partial charge in [0, 0.05) is 44.6 Å². The first-order valence-electron chi connectivity index (χ1n) is 8.74. The van der Waals surface area contributed by atoms with Crippen LogP contribution in [0.2, 0.25) is 0 Å². The van der Waals surface area contributed by atoms with Gasteiger partial charge in [-0.05, 0) is 25.7 Å². The number of nitrogens with zero attached hydrogens (tertiary/aromatic N) is 3. The molecule has 134 valence electrons. The first kappa shape index (κ1) is 18.3. The largest absolute Gasteiger partial charge is 0.352 e. The number of aromatic nitrogens is 2. The topological polar surface area (TPSA) is 79.3 Å². The van der Waals surface area contributed by atoms with Crippen molar-refractivity contribution in [3.8, 4) is 0 Å². The maximum absolute atomic E-state index is 12.5. The third-order valence-electron chi connectivity index (χ3n) is 4.17. The van der Waals surface area contributed by atoms with E-state index in [4.69, 9.17) is 0 Å². The molecule has 7 heteroatoms. The summed E-state index contributed by atoms with van der Waals surface area (Å²) in [7, 11) is 0. The maximum atomic E-state index is 12.5. The van der Waals surface area contributed by atoms with Crippen LogP contribution >= 0.6 is 0 Å². The molecule has 2 atom stereocenters. The smallest absolute Gasteiger partial charge is 0.317 e. The van der Waals surface area contributed by atoms with E-state index in [1.807, 2.05) is 17.7 Å². The van der Waals surface area contributed by atoms with Crippen LogP contribution in [0.4, 0.5) is 4.79 Å². The molecule has 7 nitrogen and oxygen atoms in total. The van der Waals surface area contributed by atoms with E-state index in [9.17, 15) is 9.59 Å². The average molecular weight is 335 g/mol. The Morgan fingerprint density at radius 1 is 1.33 bits per heavy atom. The summed E-state index contributed by atoms with van der Waals surface area (Å²) in [5.41, 5.74) is 0. The number of hydrogen-bond acceptors (Lipinski definition) is 3.